The topological polar surface area (TPSA) is 17.0 Å². The van der Waals surface area contributed by atoms with E-state index in [0.717, 1.165) is 11.4 Å². The molecule has 2 heteroatoms. The van der Waals surface area contributed by atoms with E-state index in [1.54, 1.807) is 0 Å². The van der Waals surface area contributed by atoms with Crippen molar-refractivity contribution in [3.05, 3.63) is 199 Å². The molecule has 0 atom stereocenters. The number of benzene rings is 8. The van der Waals surface area contributed by atoms with Gasteiger partial charge in [-0.15, -0.1) is 0 Å². The van der Waals surface area contributed by atoms with Crippen LogP contribution < -0.4 is 5.32 Å². The number of nitrogens with one attached hydrogen (secondary N) is 1. The predicted molar refractivity (Wildman–Crippen MR) is 224 cm³/mol. The van der Waals surface area contributed by atoms with Gasteiger partial charge in [0.05, 0.1) is 11.0 Å². The zero-order valence-electron chi connectivity index (χ0n) is 29.8. The van der Waals surface area contributed by atoms with Crippen LogP contribution in [0.4, 0.5) is 11.4 Å². The molecule has 8 aromatic carbocycles. The maximum Gasteiger partial charge on any atom is 0.0541 e. The molecule has 1 N–H and O–H groups in total. The molecule has 2 nitrogen and oxygen atoms in total. The largest absolute Gasteiger partial charge is 0.356 e. The molecule has 0 saturated carbocycles. The first-order valence-corrected chi connectivity index (χ1v) is 18.4. The molecule has 1 aromatic heterocycles. The lowest BCUT2D eigenvalue weighted by molar-refractivity contribution is 0.660. The van der Waals surface area contributed by atoms with E-state index in [9.17, 15) is 0 Å². The highest BCUT2D eigenvalue weighted by atomic mass is 15.0. The van der Waals surface area contributed by atoms with Gasteiger partial charge < -0.3 is 9.88 Å². The van der Waals surface area contributed by atoms with Gasteiger partial charge in [0.1, 0.15) is 0 Å². The fourth-order valence-corrected chi connectivity index (χ4v) is 8.43. The smallest absolute Gasteiger partial charge is 0.0541 e. The number of aromatic nitrogens is 1. The first kappa shape index (κ1) is 31.1. The van der Waals surface area contributed by atoms with Crippen LogP contribution in [0.3, 0.4) is 0 Å². The quantitative estimate of drug-likeness (QED) is 0.185. The second-order valence-corrected chi connectivity index (χ2v) is 14.7. The maximum atomic E-state index is 3.64. The van der Waals surface area contributed by atoms with Crippen molar-refractivity contribution < 1.29 is 0 Å². The molecule has 0 aliphatic heterocycles. The number of hydrogen-bond donors (Lipinski definition) is 1. The molecule has 0 spiro atoms. The summed E-state index contributed by atoms with van der Waals surface area (Å²) in [4.78, 5) is 0. The highest BCUT2D eigenvalue weighted by Crippen LogP contribution is 2.49. The van der Waals surface area contributed by atoms with Crippen molar-refractivity contribution in [1.29, 1.82) is 0 Å². The maximum absolute atomic E-state index is 3.64. The fourth-order valence-electron chi connectivity index (χ4n) is 8.43. The van der Waals surface area contributed by atoms with Gasteiger partial charge in [0.2, 0.25) is 0 Å². The Labute approximate surface area is 310 Å². The van der Waals surface area contributed by atoms with Gasteiger partial charge in [-0.3, -0.25) is 0 Å². The number of nitrogens with zero attached hydrogens (tertiary/aromatic N) is 1. The first-order chi connectivity index (χ1) is 26.0. The van der Waals surface area contributed by atoms with Crippen molar-refractivity contribution in [2.75, 3.05) is 5.32 Å². The van der Waals surface area contributed by atoms with E-state index in [1.807, 2.05) is 0 Å². The second-order valence-electron chi connectivity index (χ2n) is 14.7. The van der Waals surface area contributed by atoms with Crippen molar-refractivity contribution in [2.45, 2.75) is 19.3 Å². The Morgan fingerprint density at radius 3 is 1.58 bits per heavy atom. The fraction of sp³-hybridized carbons (Fsp3) is 0.0588. The number of anilines is 2. The normalized spacial score (nSPS) is 12.9. The average molecular weight is 679 g/mol. The SMILES string of the molecule is CC1(C)c2ccccc2-c2cc(Nc3ccc(-c4ccc(-c5ccc(-c6ccc7c(c6)c6ccccc6n7-c6ccccc6)cc5)cc4)cc3)ccc21. The molecule has 10 rings (SSSR count). The third-order valence-electron chi connectivity index (χ3n) is 11.2. The summed E-state index contributed by atoms with van der Waals surface area (Å²) in [6, 6.07) is 68.4. The van der Waals surface area contributed by atoms with E-state index in [-0.39, 0.29) is 5.41 Å². The second kappa shape index (κ2) is 12.3. The Kier molecular flexibility index (Phi) is 7.19. The van der Waals surface area contributed by atoms with Gasteiger partial charge in [-0.05, 0) is 110 Å². The lowest BCUT2D eigenvalue weighted by atomic mass is 9.82. The van der Waals surface area contributed by atoms with Gasteiger partial charge in [0.15, 0.2) is 0 Å². The minimum atomic E-state index is 0.0218. The zero-order chi connectivity index (χ0) is 35.5. The van der Waals surface area contributed by atoms with Crippen LogP contribution in [-0.4, -0.2) is 4.57 Å². The van der Waals surface area contributed by atoms with E-state index in [2.05, 4.69) is 212 Å². The molecule has 9 aromatic rings. The Bertz CT molecular complexity index is 2790. The first-order valence-electron chi connectivity index (χ1n) is 18.4. The van der Waals surface area contributed by atoms with Crippen LogP contribution in [0.5, 0.6) is 0 Å². The van der Waals surface area contributed by atoms with Crippen LogP contribution in [0, 0.1) is 0 Å². The van der Waals surface area contributed by atoms with E-state index < -0.39 is 0 Å². The molecule has 53 heavy (non-hydrogen) atoms. The van der Waals surface area contributed by atoms with Crippen LogP contribution in [0.1, 0.15) is 25.0 Å². The lowest BCUT2D eigenvalue weighted by Gasteiger charge is -2.21. The van der Waals surface area contributed by atoms with Crippen molar-refractivity contribution in [1.82, 2.24) is 4.57 Å². The van der Waals surface area contributed by atoms with Gasteiger partial charge in [-0.2, -0.15) is 0 Å². The van der Waals surface area contributed by atoms with Crippen LogP contribution in [0.2, 0.25) is 0 Å². The Morgan fingerprint density at radius 1 is 0.377 bits per heavy atom. The summed E-state index contributed by atoms with van der Waals surface area (Å²) in [5.74, 6) is 0. The van der Waals surface area contributed by atoms with Crippen LogP contribution in [0.25, 0.3) is 72.0 Å². The van der Waals surface area contributed by atoms with Crippen LogP contribution in [-0.2, 0) is 5.41 Å². The lowest BCUT2D eigenvalue weighted by Crippen LogP contribution is -2.14. The predicted octanol–water partition coefficient (Wildman–Crippen LogP) is 13.8. The average Bonchev–Trinajstić information content (AvgIpc) is 3.66. The Hall–Kier alpha value is -6.64. The minimum absolute atomic E-state index is 0.0218. The molecule has 0 unspecified atom stereocenters. The number of fused-ring (bicyclic) bond motifs is 6. The Balaban J connectivity index is 0.863. The van der Waals surface area contributed by atoms with Gasteiger partial charge in [0.25, 0.3) is 0 Å². The molecule has 0 bridgehead atoms. The number of rotatable bonds is 6. The molecule has 252 valence electrons. The van der Waals surface area contributed by atoms with E-state index in [0.29, 0.717) is 0 Å². The van der Waals surface area contributed by atoms with Crippen molar-refractivity contribution in [3.63, 3.8) is 0 Å². The molecular weight excluding hydrogens is 641 g/mol. The Morgan fingerprint density at radius 2 is 0.887 bits per heavy atom. The summed E-state index contributed by atoms with van der Waals surface area (Å²) < 4.78 is 2.36. The van der Waals surface area contributed by atoms with Gasteiger partial charge >= 0.3 is 0 Å². The summed E-state index contributed by atoms with van der Waals surface area (Å²) in [6.45, 7) is 4.64. The van der Waals surface area contributed by atoms with E-state index in [1.165, 1.54) is 83.1 Å². The molecule has 0 radical (unpaired) electrons. The van der Waals surface area contributed by atoms with Crippen LogP contribution >= 0.6 is 0 Å². The van der Waals surface area contributed by atoms with Crippen molar-refractivity contribution in [2.24, 2.45) is 0 Å². The molecule has 0 saturated heterocycles. The highest BCUT2D eigenvalue weighted by molar-refractivity contribution is 6.10. The molecule has 1 heterocycles. The molecular formula is C51H38N2. The molecule has 1 aliphatic carbocycles. The van der Waals surface area contributed by atoms with E-state index >= 15 is 0 Å². The molecule has 0 amide bonds. The summed E-state index contributed by atoms with van der Waals surface area (Å²) in [6.07, 6.45) is 0. The number of para-hydroxylation sites is 2. The summed E-state index contributed by atoms with van der Waals surface area (Å²) in [5, 5.41) is 6.18. The van der Waals surface area contributed by atoms with Crippen molar-refractivity contribution in [3.8, 4) is 50.2 Å². The standard InChI is InChI=1S/C51H38N2/c1-51(2)47-14-8-6-12-43(47)45-33-41(29-30-48(45)51)52-40-27-24-37(25-28-40)36-18-16-34(17-19-36)35-20-22-38(23-21-35)39-26-31-50-46(32-39)44-13-7-9-15-49(44)53(50)42-10-4-3-5-11-42/h3-33,52H,1-2H3. The monoisotopic (exact) mass is 678 g/mol. The third-order valence-corrected chi connectivity index (χ3v) is 11.2. The van der Waals surface area contributed by atoms with Crippen molar-refractivity contribution >= 4 is 33.2 Å². The van der Waals surface area contributed by atoms with E-state index in [4.69, 9.17) is 0 Å². The molecule has 0 fully saturated rings. The zero-order valence-corrected chi connectivity index (χ0v) is 29.8. The number of hydrogen-bond acceptors (Lipinski definition) is 1. The van der Waals surface area contributed by atoms with Gasteiger partial charge in [-0.25, -0.2) is 0 Å². The minimum Gasteiger partial charge on any atom is -0.356 e. The summed E-state index contributed by atoms with van der Waals surface area (Å²) >= 11 is 0. The van der Waals surface area contributed by atoms with Crippen LogP contribution in [0.15, 0.2) is 188 Å². The third kappa shape index (κ3) is 5.26. The van der Waals surface area contributed by atoms with Gasteiger partial charge in [-0.1, -0.05) is 147 Å². The summed E-state index contributed by atoms with van der Waals surface area (Å²) in [5.41, 5.74) is 18.5. The molecule has 1 aliphatic rings. The van der Waals surface area contributed by atoms with Gasteiger partial charge in [0, 0.05) is 33.2 Å². The highest BCUT2D eigenvalue weighted by Gasteiger charge is 2.35. The summed E-state index contributed by atoms with van der Waals surface area (Å²) in [7, 11) is 0.